The van der Waals surface area contributed by atoms with E-state index >= 15 is 0 Å². The maximum Gasteiger partial charge on any atom is 0.201 e. The fraction of sp³-hybridized carbons (Fsp3) is 0.121. The molecule has 0 unspecified atom stereocenters. The molecule has 0 amide bonds. The number of nitrogens with two attached hydrogens (primary N) is 2. The molecule has 11 nitrogen and oxygen atoms in total. The molecular weight excluding hydrogens is 594 g/mol. The summed E-state index contributed by atoms with van der Waals surface area (Å²) in [6.07, 6.45) is 10.3. The number of aromatic nitrogens is 6. The van der Waals surface area contributed by atoms with Crippen LogP contribution >= 0.6 is 0 Å². The minimum Gasteiger partial charge on any atom is -0.504 e. The highest BCUT2D eigenvalue weighted by Crippen LogP contribution is 2.33. The maximum absolute atomic E-state index is 12.7. The number of benzene rings is 2. The molecule has 7 rings (SSSR count). The zero-order chi connectivity index (χ0) is 32.8. The molecule has 0 fully saturated rings. The number of halogens is 2. The molecule has 1 aliphatic rings. The van der Waals surface area contributed by atoms with Gasteiger partial charge in [-0.2, -0.15) is 4.39 Å². The van der Waals surface area contributed by atoms with E-state index in [0.717, 1.165) is 52.8 Å². The van der Waals surface area contributed by atoms with Gasteiger partial charge in [0.1, 0.15) is 17.0 Å². The number of pyridine rings is 2. The van der Waals surface area contributed by atoms with E-state index < -0.39 is 28.5 Å². The molecule has 0 radical (unpaired) electrons. The van der Waals surface area contributed by atoms with Gasteiger partial charge in [-0.1, -0.05) is 6.07 Å². The van der Waals surface area contributed by atoms with Crippen molar-refractivity contribution in [3.05, 3.63) is 107 Å². The van der Waals surface area contributed by atoms with Gasteiger partial charge in [0, 0.05) is 24.3 Å². The fourth-order valence-corrected chi connectivity index (χ4v) is 5.09. The van der Waals surface area contributed by atoms with Crippen molar-refractivity contribution in [2.45, 2.75) is 19.3 Å². The average molecular weight is 623 g/mol. The van der Waals surface area contributed by atoms with E-state index in [1.807, 2.05) is 24.3 Å². The molecule has 4 heterocycles. The molecule has 46 heavy (non-hydrogen) atoms. The van der Waals surface area contributed by atoms with Gasteiger partial charge in [-0.05, 0) is 79.9 Å². The van der Waals surface area contributed by atoms with Crippen molar-refractivity contribution < 1.29 is 23.5 Å². The van der Waals surface area contributed by atoms with Crippen molar-refractivity contribution in [2.24, 2.45) is 5.73 Å². The van der Waals surface area contributed by atoms with Crippen molar-refractivity contribution >= 4 is 29.6 Å². The lowest BCUT2D eigenvalue weighted by Crippen LogP contribution is -2.03. The number of phenolic OH excluding ortho intramolecular Hbond substituents is 1. The Bertz CT molecular complexity index is 2020. The molecule has 2 aromatic carbocycles. The molecule has 0 aliphatic heterocycles. The van der Waals surface area contributed by atoms with Crippen molar-refractivity contribution in [1.29, 1.82) is 0 Å². The second kappa shape index (κ2) is 13.8. The first-order valence-electron chi connectivity index (χ1n) is 14.1. The number of fused-ring (bicyclic) bond motifs is 2. The summed E-state index contributed by atoms with van der Waals surface area (Å²) < 4.78 is 27.5. The highest BCUT2D eigenvalue weighted by atomic mass is 19.2. The standard InChI is InChI=1S/C24H19N7.C8H4F2O3.CH5N/c25-22-18(5-2-10-28-22)23-30-20-9-8-19(21-14-26-11-12-27-21)29-24(20)31(23)17-7-6-15-3-1-4-16(15)13-17;9-6-4(2-11)1-5(3-12)8(13)7(6)10;1-2/h2,5-14H,1,3-4H2,(H2,25,28);1-3,13H;2H2,1H3. The number of hydrogen-bond donors (Lipinski definition) is 3. The largest absolute Gasteiger partial charge is 0.504 e. The van der Waals surface area contributed by atoms with Crippen molar-refractivity contribution in [3.8, 4) is 34.2 Å². The first-order chi connectivity index (χ1) is 22.4. The van der Waals surface area contributed by atoms with Crippen LogP contribution in [0.25, 0.3) is 39.6 Å². The number of carbonyl (C=O) groups excluding carboxylic acids is 2. The molecule has 4 aromatic heterocycles. The zero-order valence-electron chi connectivity index (χ0n) is 24.6. The molecule has 0 saturated carbocycles. The number of carbonyl (C=O) groups is 2. The normalized spacial score (nSPS) is 11.6. The lowest BCUT2D eigenvalue weighted by molar-refractivity contribution is 0.111. The minimum atomic E-state index is -1.59. The third-order valence-electron chi connectivity index (χ3n) is 7.24. The molecule has 1 aliphatic carbocycles. The van der Waals surface area contributed by atoms with Gasteiger partial charge in [-0.3, -0.25) is 24.1 Å². The first kappa shape index (κ1) is 31.5. The zero-order valence-corrected chi connectivity index (χ0v) is 24.6. The van der Waals surface area contributed by atoms with E-state index in [1.165, 1.54) is 24.6 Å². The third kappa shape index (κ3) is 6.03. The summed E-state index contributed by atoms with van der Waals surface area (Å²) in [5, 5.41) is 8.84. The number of nitrogen functional groups attached to an aromatic ring is 1. The third-order valence-corrected chi connectivity index (χ3v) is 7.24. The Morgan fingerprint density at radius 3 is 2.35 bits per heavy atom. The SMILES string of the molecule is CN.Nc1ncccc1-c1nc2ccc(-c3cnccn3)nc2n1-c1ccc2c(c1)CCC2.O=Cc1cc(C=O)c(F)c(F)c1O. The highest BCUT2D eigenvalue weighted by molar-refractivity contribution is 5.86. The van der Waals surface area contributed by atoms with Gasteiger partial charge in [0.15, 0.2) is 35.6 Å². The summed E-state index contributed by atoms with van der Waals surface area (Å²) >= 11 is 0. The topological polar surface area (TPSA) is 176 Å². The Morgan fingerprint density at radius 1 is 0.848 bits per heavy atom. The number of imidazole rings is 1. The van der Waals surface area contributed by atoms with E-state index in [0.29, 0.717) is 11.5 Å². The second-order valence-corrected chi connectivity index (χ2v) is 9.91. The summed E-state index contributed by atoms with van der Waals surface area (Å²) in [7, 11) is 1.50. The summed E-state index contributed by atoms with van der Waals surface area (Å²) in [6, 6.07) is 15.1. The summed E-state index contributed by atoms with van der Waals surface area (Å²) in [5.41, 5.74) is 17.3. The van der Waals surface area contributed by atoms with Crippen LogP contribution < -0.4 is 11.5 Å². The number of phenols is 1. The number of aldehydes is 2. The van der Waals surface area contributed by atoms with Crippen LogP contribution in [0.4, 0.5) is 14.6 Å². The number of aromatic hydroxyl groups is 1. The van der Waals surface area contributed by atoms with Crippen molar-refractivity contribution in [2.75, 3.05) is 12.8 Å². The molecule has 6 aromatic rings. The quantitative estimate of drug-likeness (QED) is 0.225. The van der Waals surface area contributed by atoms with E-state index in [-0.39, 0.29) is 12.6 Å². The number of hydrogen-bond acceptors (Lipinski definition) is 10. The van der Waals surface area contributed by atoms with Crippen LogP contribution in [0.2, 0.25) is 0 Å². The predicted molar refractivity (Wildman–Crippen MR) is 168 cm³/mol. The summed E-state index contributed by atoms with van der Waals surface area (Å²) in [6.45, 7) is 0. The van der Waals surface area contributed by atoms with Gasteiger partial charge in [-0.25, -0.2) is 19.3 Å². The van der Waals surface area contributed by atoms with Crippen LogP contribution in [-0.2, 0) is 12.8 Å². The Hall–Kier alpha value is -5.95. The monoisotopic (exact) mass is 622 g/mol. The van der Waals surface area contributed by atoms with Gasteiger partial charge in [-0.15, -0.1) is 0 Å². The van der Waals surface area contributed by atoms with E-state index in [9.17, 15) is 18.4 Å². The van der Waals surface area contributed by atoms with Gasteiger partial charge < -0.3 is 16.6 Å². The molecule has 13 heteroatoms. The molecule has 0 spiro atoms. The summed E-state index contributed by atoms with van der Waals surface area (Å²) in [5.74, 6) is -2.97. The Kier molecular flexibility index (Phi) is 9.43. The fourth-order valence-electron chi connectivity index (χ4n) is 5.09. The van der Waals surface area contributed by atoms with Crippen molar-refractivity contribution in [1.82, 2.24) is 29.5 Å². The van der Waals surface area contributed by atoms with E-state index in [4.69, 9.17) is 20.8 Å². The van der Waals surface area contributed by atoms with Crippen LogP contribution in [0, 0.1) is 11.6 Å². The first-order valence-corrected chi connectivity index (χ1v) is 14.1. The van der Waals surface area contributed by atoms with Gasteiger partial charge in [0.25, 0.3) is 0 Å². The molecule has 0 bridgehead atoms. The molecule has 232 valence electrons. The maximum atomic E-state index is 12.7. The smallest absolute Gasteiger partial charge is 0.201 e. The summed E-state index contributed by atoms with van der Waals surface area (Å²) in [4.78, 5) is 43.0. The number of anilines is 1. The Labute approximate surface area is 261 Å². The van der Waals surface area contributed by atoms with Gasteiger partial charge >= 0.3 is 0 Å². The number of nitrogens with zero attached hydrogens (tertiary/aromatic N) is 6. The van der Waals surface area contributed by atoms with Crippen LogP contribution in [0.15, 0.2) is 73.3 Å². The van der Waals surface area contributed by atoms with Crippen LogP contribution in [0.1, 0.15) is 38.3 Å². The molecule has 0 saturated heterocycles. The molecule has 5 N–H and O–H groups in total. The predicted octanol–water partition coefficient (Wildman–Crippen LogP) is 4.88. The Morgan fingerprint density at radius 2 is 1.63 bits per heavy atom. The minimum absolute atomic E-state index is 0.0604. The molecular formula is C33H28F2N8O3. The number of aryl methyl sites for hydroxylation is 2. The molecule has 0 atom stereocenters. The van der Waals surface area contributed by atoms with E-state index in [2.05, 4.69) is 43.5 Å². The Balaban J connectivity index is 0.000000235. The number of rotatable bonds is 5. The van der Waals surface area contributed by atoms with Gasteiger partial charge in [0.2, 0.25) is 5.82 Å². The van der Waals surface area contributed by atoms with Gasteiger partial charge in [0.05, 0.1) is 28.6 Å². The lowest BCUT2D eigenvalue weighted by atomic mass is 10.1. The lowest BCUT2D eigenvalue weighted by Gasteiger charge is -2.12. The average Bonchev–Trinajstić information content (AvgIpc) is 3.73. The van der Waals surface area contributed by atoms with Crippen LogP contribution in [0.5, 0.6) is 5.75 Å². The van der Waals surface area contributed by atoms with E-state index in [1.54, 1.807) is 24.8 Å². The highest BCUT2D eigenvalue weighted by Gasteiger charge is 2.21. The van der Waals surface area contributed by atoms with Crippen LogP contribution in [0.3, 0.4) is 0 Å². The van der Waals surface area contributed by atoms with Crippen LogP contribution in [-0.4, -0.2) is 54.2 Å². The van der Waals surface area contributed by atoms with Crippen molar-refractivity contribution in [3.63, 3.8) is 0 Å². The second-order valence-electron chi connectivity index (χ2n) is 9.91.